The molecule has 1 heterocycles. The number of halogens is 1. The summed E-state index contributed by atoms with van der Waals surface area (Å²) < 4.78 is 18.8. The molecular weight excluding hydrogens is 271 g/mol. The quantitative estimate of drug-likeness (QED) is 0.681. The van der Waals surface area contributed by atoms with Gasteiger partial charge in [-0.15, -0.1) is 0 Å². The van der Waals surface area contributed by atoms with E-state index in [1.165, 1.54) is 24.3 Å². The van der Waals surface area contributed by atoms with Gasteiger partial charge in [0.15, 0.2) is 5.82 Å². The highest BCUT2D eigenvalue weighted by atomic mass is 19.1. The lowest BCUT2D eigenvalue weighted by atomic mass is 10.2. The minimum Gasteiger partial charge on any atom is -0.478 e. The van der Waals surface area contributed by atoms with Crippen LogP contribution in [0.1, 0.15) is 10.4 Å². The maximum atomic E-state index is 13.7. The number of carboxylic acids is 1. The van der Waals surface area contributed by atoms with Crippen molar-refractivity contribution in [2.24, 2.45) is 0 Å². The number of non-ortho nitro benzene ring substituents is 1. The second-order valence-corrected chi connectivity index (χ2v) is 3.64. The first-order valence-electron chi connectivity index (χ1n) is 5.29. The fourth-order valence-electron chi connectivity index (χ4n) is 1.41. The fourth-order valence-corrected chi connectivity index (χ4v) is 1.41. The zero-order valence-corrected chi connectivity index (χ0v) is 9.82. The molecular formula is C12H7FN2O5. The number of benzene rings is 1. The predicted octanol–water partition coefficient (Wildman–Crippen LogP) is 2.62. The van der Waals surface area contributed by atoms with E-state index in [-0.39, 0.29) is 11.4 Å². The highest BCUT2D eigenvalue weighted by molar-refractivity contribution is 5.88. The number of aromatic carboxylic acids is 1. The fraction of sp³-hybridized carbons (Fsp3) is 0. The molecule has 20 heavy (non-hydrogen) atoms. The first-order chi connectivity index (χ1) is 9.49. The Kier molecular flexibility index (Phi) is 3.56. The molecule has 0 amide bonds. The molecule has 8 heteroatoms. The Hall–Kier alpha value is -3.03. The molecule has 2 aromatic rings. The SMILES string of the molecule is O=C(O)c1ccnc(Oc2ccc([N+](=O)[O-])cc2)c1F. The van der Waals surface area contributed by atoms with Gasteiger partial charge in [0.25, 0.3) is 11.6 Å². The molecule has 0 spiro atoms. The number of hydrogen-bond acceptors (Lipinski definition) is 5. The summed E-state index contributed by atoms with van der Waals surface area (Å²) in [7, 11) is 0. The van der Waals surface area contributed by atoms with Crippen molar-refractivity contribution in [3.63, 3.8) is 0 Å². The number of aromatic nitrogens is 1. The van der Waals surface area contributed by atoms with Crippen LogP contribution in [0.4, 0.5) is 10.1 Å². The van der Waals surface area contributed by atoms with Gasteiger partial charge >= 0.3 is 5.97 Å². The van der Waals surface area contributed by atoms with Crippen LogP contribution in [0, 0.1) is 15.9 Å². The van der Waals surface area contributed by atoms with Crippen molar-refractivity contribution >= 4 is 11.7 Å². The van der Waals surface area contributed by atoms with Gasteiger partial charge in [0.2, 0.25) is 0 Å². The Morgan fingerprint density at radius 3 is 2.50 bits per heavy atom. The largest absolute Gasteiger partial charge is 0.478 e. The number of pyridine rings is 1. The lowest BCUT2D eigenvalue weighted by molar-refractivity contribution is -0.384. The average Bonchev–Trinajstić information content (AvgIpc) is 2.41. The van der Waals surface area contributed by atoms with Gasteiger partial charge in [-0.05, 0) is 18.2 Å². The van der Waals surface area contributed by atoms with Crippen molar-refractivity contribution in [2.75, 3.05) is 0 Å². The number of hydrogen-bond donors (Lipinski definition) is 1. The van der Waals surface area contributed by atoms with Crippen LogP contribution in [0.15, 0.2) is 36.5 Å². The second kappa shape index (κ2) is 5.31. The first-order valence-corrected chi connectivity index (χ1v) is 5.29. The molecule has 0 bridgehead atoms. The molecule has 1 N–H and O–H groups in total. The first kappa shape index (κ1) is 13.4. The van der Waals surface area contributed by atoms with Crippen LogP contribution in [-0.2, 0) is 0 Å². The Labute approximate surface area is 111 Å². The summed E-state index contributed by atoms with van der Waals surface area (Å²) >= 11 is 0. The molecule has 0 atom stereocenters. The highest BCUT2D eigenvalue weighted by Crippen LogP contribution is 2.25. The summed E-state index contributed by atoms with van der Waals surface area (Å²) in [6.07, 6.45) is 1.09. The van der Waals surface area contributed by atoms with Crippen LogP contribution in [0.3, 0.4) is 0 Å². The molecule has 0 saturated heterocycles. The third-order valence-electron chi connectivity index (χ3n) is 2.35. The Bertz CT molecular complexity index is 672. The lowest BCUT2D eigenvalue weighted by Gasteiger charge is -2.06. The number of rotatable bonds is 4. The van der Waals surface area contributed by atoms with E-state index in [2.05, 4.69) is 4.98 Å². The van der Waals surface area contributed by atoms with Crippen LogP contribution < -0.4 is 4.74 Å². The van der Waals surface area contributed by atoms with Crippen LogP contribution >= 0.6 is 0 Å². The van der Waals surface area contributed by atoms with Crippen molar-refractivity contribution in [3.8, 4) is 11.6 Å². The van der Waals surface area contributed by atoms with Gasteiger partial charge in [0, 0.05) is 18.3 Å². The van der Waals surface area contributed by atoms with Gasteiger partial charge in [-0.1, -0.05) is 0 Å². The van der Waals surface area contributed by atoms with Crippen molar-refractivity contribution in [3.05, 3.63) is 58.0 Å². The molecule has 1 aromatic heterocycles. The minimum absolute atomic E-state index is 0.101. The zero-order chi connectivity index (χ0) is 14.7. The Morgan fingerprint density at radius 2 is 1.95 bits per heavy atom. The predicted molar refractivity (Wildman–Crippen MR) is 64.3 cm³/mol. The molecule has 0 aliphatic rings. The maximum absolute atomic E-state index is 13.7. The molecule has 0 saturated carbocycles. The summed E-state index contributed by atoms with van der Waals surface area (Å²) in [4.78, 5) is 24.2. The molecule has 7 nitrogen and oxygen atoms in total. The van der Waals surface area contributed by atoms with Crippen LogP contribution in [-0.4, -0.2) is 21.0 Å². The summed E-state index contributed by atoms with van der Waals surface area (Å²) in [6.45, 7) is 0. The number of carbonyl (C=O) groups is 1. The summed E-state index contributed by atoms with van der Waals surface area (Å²) in [5.41, 5.74) is -0.720. The number of nitrogens with zero attached hydrogens (tertiary/aromatic N) is 2. The number of nitro groups is 1. The van der Waals surface area contributed by atoms with E-state index in [1.807, 2.05) is 0 Å². The van der Waals surface area contributed by atoms with E-state index < -0.39 is 28.2 Å². The molecule has 0 aliphatic heterocycles. The highest BCUT2D eigenvalue weighted by Gasteiger charge is 2.17. The zero-order valence-electron chi connectivity index (χ0n) is 9.82. The van der Waals surface area contributed by atoms with E-state index in [1.54, 1.807) is 0 Å². The maximum Gasteiger partial charge on any atom is 0.338 e. The standard InChI is InChI=1S/C12H7FN2O5/c13-10-9(12(16)17)5-6-14-11(10)20-8-3-1-7(2-4-8)15(18)19/h1-6H,(H,16,17). The minimum atomic E-state index is -1.45. The summed E-state index contributed by atoms with van der Waals surface area (Å²) in [6, 6.07) is 5.86. The van der Waals surface area contributed by atoms with Crippen molar-refractivity contribution < 1.29 is 24.0 Å². The van der Waals surface area contributed by atoms with Crippen molar-refractivity contribution in [2.45, 2.75) is 0 Å². The summed E-state index contributed by atoms with van der Waals surface area (Å²) in [5, 5.41) is 19.2. The van der Waals surface area contributed by atoms with Crippen LogP contribution in [0.25, 0.3) is 0 Å². The van der Waals surface area contributed by atoms with Gasteiger partial charge in [0.1, 0.15) is 11.3 Å². The monoisotopic (exact) mass is 278 g/mol. The topological polar surface area (TPSA) is 103 Å². The van der Waals surface area contributed by atoms with E-state index in [0.717, 1.165) is 12.3 Å². The van der Waals surface area contributed by atoms with Crippen LogP contribution in [0.2, 0.25) is 0 Å². The number of ether oxygens (including phenoxy) is 1. The second-order valence-electron chi connectivity index (χ2n) is 3.64. The van der Waals surface area contributed by atoms with Crippen molar-refractivity contribution in [1.82, 2.24) is 4.98 Å². The molecule has 0 unspecified atom stereocenters. The van der Waals surface area contributed by atoms with E-state index in [0.29, 0.717) is 0 Å². The van der Waals surface area contributed by atoms with E-state index in [4.69, 9.17) is 9.84 Å². The molecule has 0 aliphatic carbocycles. The third kappa shape index (κ3) is 2.69. The Morgan fingerprint density at radius 1 is 1.30 bits per heavy atom. The van der Waals surface area contributed by atoms with Gasteiger partial charge in [-0.25, -0.2) is 14.2 Å². The van der Waals surface area contributed by atoms with Crippen LogP contribution in [0.5, 0.6) is 11.6 Å². The summed E-state index contributed by atoms with van der Waals surface area (Å²) in [5.74, 6) is -2.97. The van der Waals surface area contributed by atoms with E-state index in [9.17, 15) is 19.3 Å². The van der Waals surface area contributed by atoms with E-state index >= 15 is 0 Å². The lowest BCUT2D eigenvalue weighted by Crippen LogP contribution is -2.03. The van der Waals surface area contributed by atoms with Gasteiger partial charge in [0.05, 0.1) is 4.92 Å². The third-order valence-corrected chi connectivity index (χ3v) is 2.35. The van der Waals surface area contributed by atoms with Gasteiger partial charge in [-0.3, -0.25) is 10.1 Å². The molecule has 1 aromatic carbocycles. The van der Waals surface area contributed by atoms with Gasteiger partial charge in [-0.2, -0.15) is 0 Å². The number of carboxylic acid groups (broad SMARTS) is 1. The van der Waals surface area contributed by atoms with Crippen molar-refractivity contribution in [1.29, 1.82) is 0 Å². The van der Waals surface area contributed by atoms with Gasteiger partial charge < -0.3 is 9.84 Å². The number of nitro benzene ring substituents is 1. The molecule has 0 fully saturated rings. The normalized spacial score (nSPS) is 10.1. The Balaban J connectivity index is 2.28. The average molecular weight is 278 g/mol. The smallest absolute Gasteiger partial charge is 0.338 e. The molecule has 0 radical (unpaired) electrons. The molecule has 2 rings (SSSR count). The molecule has 102 valence electrons.